The number of carbonyl (C=O) groups is 1. The average Bonchev–Trinajstić information content (AvgIpc) is 2.39. The minimum atomic E-state index is -0.323. The molecule has 112 valence electrons. The van der Waals surface area contributed by atoms with E-state index in [-0.39, 0.29) is 24.2 Å². The zero-order chi connectivity index (χ0) is 15.1. The highest BCUT2D eigenvalue weighted by Gasteiger charge is 2.17. The van der Waals surface area contributed by atoms with E-state index in [1.165, 1.54) is 0 Å². The van der Waals surface area contributed by atoms with E-state index in [1.807, 2.05) is 58.9 Å². The van der Waals surface area contributed by atoms with Crippen LogP contribution >= 0.6 is 0 Å². The summed E-state index contributed by atoms with van der Waals surface area (Å²) in [6, 6.07) is 7.66. The van der Waals surface area contributed by atoms with Crippen molar-refractivity contribution in [2.45, 2.75) is 52.8 Å². The molecule has 0 bridgehead atoms. The first kappa shape index (κ1) is 16.5. The summed E-state index contributed by atoms with van der Waals surface area (Å²) in [6.07, 6.45) is 0.167. The van der Waals surface area contributed by atoms with Crippen LogP contribution in [0, 0.1) is 0 Å². The fourth-order valence-corrected chi connectivity index (χ4v) is 1.91. The number of ether oxygens (including phenoxy) is 2. The van der Waals surface area contributed by atoms with E-state index < -0.39 is 0 Å². The summed E-state index contributed by atoms with van der Waals surface area (Å²) in [4.78, 5) is 11.6. The summed E-state index contributed by atoms with van der Waals surface area (Å²) in [6.45, 7) is 10.0. The van der Waals surface area contributed by atoms with Crippen molar-refractivity contribution < 1.29 is 14.3 Å². The summed E-state index contributed by atoms with van der Waals surface area (Å²) in [7, 11) is 0. The summed E-state index contributed by atoms with van der Waals surface area (Å²) >= 11 is 0. The molecule has 0 heterocycles. The summed E-state index contributed by atoms with van der Waals surface area (Å²) < 4.78 is 10.6. The second kappa shape index (κ2) is 7.90. The van der Waals surface area contributed by atoms with Crippen LogP contribution in [0.15, 0.2) is 24.3 Å². The van der Waals surface area contributed by atoms with Crippen LogP contribution in [-0.4, -0.2) is 24.7 Å². The van der Waals surface area contributed by atoms with Crippen molar-refractivity contribution in [2.75, 3.05) is 6.61 Å². The third-order valence-corrected chi connectivity index (χ3v) is 2.89. The molecule has 4 nitrogen and oxygen atoms in total. The predicted molar refractivity (Wildman–Crippen MR) is 79.9 cm³/mol. The molecule has 0 saturated carbocycles. The van der Waals surface area contributed by atoms with Gasteiger partial charge in [-0.15, -0.1) is 0 Å². The van der Waals surface area contributed by atoms with Crippen molar-refractivity contribution in [1.29, 1.82) is 0 Å². The van der Waals surface area contributed by atoms with Crippen molar-refractivity contribution in [3.8, 4) is 5.75 Å². The molecule has 1 aromatic rings. The smallest absolute Gasteiger partial charge is 0.322 e. The third kappa shape index (κ3) is 5.21. The van der Waals surface area contributed by atoms with Gasteiger partial charge in [-0.1, -0.05) is 12.1 Å². The molecule has 2 atom stereocenters. The molecule has 1 N–H and O–H groups in total. The first-order valence-electron chi connectivity index (χ1n) is 7.13. The zero-order valence-electron chi connectivity index (χ0n) is 13.0. The predicted octanol–water partition coefficient (Wildman–Crippen LogP) is 3.08. The summed E-state index contributed by atoms with van der Waals surface area (Å²) in [5, 5.41) is 3.23. The molecule has 0 saturated heterocycles. The van der Waals surface area contributed by atoms with Gasteiger partial charge in [-0.25, -0.2) is 0 Å². The van der Waals surface area contributed by atoms with Crippen molar-refractivity contribution in [3.63, 3.8) is 0 Å². The van der Waals surface area contributed by atoms with Crippen molar-refractivity contribution >= 4 is 5.97 Å². The second-order valence-electron chi connectivity index (χ2n) is 5.10. The lowest BCUT2D eigenvalue weighted by Crippen LogP contribution is -2.37. The van der Waals surface area contributed by atoms with E-state index in [2.05, 4.69) is 5.32 Å². The molecule has 2 unspecified atom stereocenters. The standard InChI is InChI=1S/C16H25NO3/c1-6-19-16(18)13(5)17-12(4)14-7-9-15(10-8-14)20-11(2)3/h7-13,17H,6H2,1-5H3. The van der Waals surface area contributed by atoms with Gasteiger partial charge in [-0.3, -0.25) is 10.1 Å². The molecule has 0 aromatic heterocycles. The number of esters is 1. The SMILES string of the molecule is CCOC(=O)C(C)NC(C)c1ccc(OC(C)C)cc1. The van der Waals surface area contributed by atoms with Gasteiger partial charge in [0.05, 0.1) is 12.7 Å². The first-order chi connectivity index (χ1) is 9.43. The summed E-state index contributed by atoms with van der Waals surface area (Å²) in [5.74, 6) is 0.633. The number of nitrogens with one attached hydrogen (secondary N) is 1. The van der Waals surface area contributed by atoms with Gasteiger partial charge in [0.25, 0.3) is 0 Å². The fraction of sp³-hybridized carbons (Fsp3) is 0.562. The van der Waals surface area contributed by atoms with Crippen molar-refractivity contribution in [2.24, 2.45) is 0 Å². The van der Waals surface area contributed by atoms with Crippen LogP contribution in [0.5, 0.6) is 5.75 Å². The molecule has 0 fully saturated rings. The largest absolute Gasteiger partial charge is 0.491 e. The van der Waals surface area contributed by atoms with Gasteiger partial charge in [-0.05, 0) is 52.3 Å². The van der Waals surface area contributed by atoms with Crippen LogP contribution in [0.4, 0.5) is 0 Å². The molecular formula is C16H25NO3. The number of rotatable bonds is 7. The van der Waals surface area contributed by atoms with Gasteiger partial charge in [0, 0.05) is 6.04 Å². The van der Waals surface area contributed by atoms with Gasteiger partial charge in [0.15, 0.2) is 0 Å². The number of hydrogen-bond acceptors (Lipinski definition) is 4. The van der Waals surface area contributed by atoms with Crippen molar-refractivity contribution in [3.05, 3.63) is 29.8 Å². The maximum atomic E-state index is 11.6. The average molecular weight is 279 g/mol. The van der Waals surface area contributed by atoms with E-state index in [0.29, 0.717) is 6.61 Å². The number of benzene rings is 1. The van der Waals surface area contributed by atoms with Crippen LogP contribution in [-0.2, 0) is 9.53 Å². The Morgan fingerprint density at radius 2 is 1.75 bits per heavy atom. The Morgan fingerprint density at radius 1 is 1.15 bits per heavy atom. The Balaban J connectivity index is 2.59. The number of carbonyl (C=O) groups excluding carboxylic acids is 1. The molecule has 0 aliphatic rings. The maximum Gasteiger partial charge on any atom is 0.322 e. The highest BCUT2D eigenvalue weighted by atomic mass is 16.5. The third-order valence-electron chi connectivity index (χ3n) is 2.89. The Labute approximate surface area is 121 Å². The lowest BCUT2D eigenvalue weighted by Gasteiger charge is -2.19. The quantitative estimate of drug-likeness (QED) is 0.779. The first-order valence-corrected chi connectivity index (χ1v) is 7.13. The van der Waals surface area contributed by atoms with E-state index in [9.17, 15) is 4.79 Å². The van der Waals surface area contributed by atoms with Crippen LogP contribution in [0.1, 0.15) is 46.2 Å². The molecule has 0 amide bonds. The fourth-order valence-electron chi connectivity index (χ4n) is 1.91. The highest BCUT2D eigenvalue weighted by molar-refractivity contribution is 5.75. The minimum Gasteiger partial charge on any atom is -0.491 e. The molecular weight excluding hydrogens is 254 g/mol. The monoisotopic (exact) mass is 279 g/mol. The molecule has 0 spiro atoms. The van der Waals surface area contributed by atoms with Crippen LogP contribution < -0.4 is 10.1 Å². The Kier molecular flexibility index (Phi) is 6.52. The topological polar surface area (TPSA) is 47.6 Å². The maximum absolute atomic E-state index is 11.6. The van der Waals surface area contributed by atoms with Crippen LogP contribution in [0.25, 0.3) is 0 Å². The van der Waals surface area contributed by atoms with E-state index in [1.54, 1.807) is 0 Å². The normalized spacial score (nSPS) is 13.9. The van der Waals surface area contributed by atoms with Crippen molar-refractivity contribution in [1.82, 2.24) is 5.32 Å². The molecule has 1 aromatic carbocycles. The van der Waals surface area contributed by atoms with E-state index >= 15 is 0 Å². The van der Waals surface area contributed by atoms with E-state index in [0.717, 1.165) is 11.3 Å². The molecule has 4 heteroatoms. The molecule has 1 rings (SSSR count). The van der Waals surface area contributed by atoms with E-state index in [4.69, 9.17) is 9.47 Å². The minimum absolute atomic E-state index is 0.0718. The molecule has 0 aliphatic heterocycles. The molecule has 0 radical (unpaired) electrons. The number of hydrogen-bond donors (Lipinski definition) is 1. The second-order valence-corrected chi connectivity index (χ2v) is 5.10. The lowest BCUT2D eigenvalue weighted by atomic mass is 10.1. The molecule has 20 heavy (non-hydrogen) atoms. The van der Waals surface area contributed by atoms with Crippen LogP contribution in [0.2, 0.25) is 0 Å². The Hall–Kier alpha value is -1.55. The van der Waals surface area contributed by atoms with Gasteiger partial charge in [0.2, 0.25) is 0 Å². The van der Waals surface area contributed by atoms with Gasteiger partial charge < -0.3 is 9.47 Å². The highest BCUT2D eigenvalue weighted by Crippen LogP contribution is 2.19. The lowest BCUT2D eigenvalue weighted by molar-refractivity contribution is -0.145. The van der Waals surface area contributed by atoms with Gasteiger partial charge >= 0.3 is 5.97 Å². The van der Waals surface area contributed by atoms with Gasteiger partial charge in [0.1, 0.15) is 11.8 Å². The molecule has 0 aliphatic carbocycles. The Morgan fingerprint density at radius 3 is 2.25 bits per heavy atom. The van der Waals surface area contributed by atoms with Crippen LogP contribution in [0.3, 0.4) is 0 Å². The van der Waals surface area contributed by atoms with Gasteiger partial charge in [-0.2, -0.15) is 0 Å². The zero-order valence-corrected chi connectivity index (χ0v) is 13.0. The summed E-state index contributed by atoms with van der Waals surface area (Å²) in [5.41, 5.74) is 1.11. The Bertz CT molecular complexity index is 414.